The van der Waals surface area contributed by atoms with Crippen LogP contribution >= 0.6 is 22.6 Å². The van der Waals surface area contributed by atoms with Crippen molar-refractivity contribution in [1.82, 2.24) is 5.01 Å². The normalized spacial score (nSPS) is 24.4. The standard InChI is InChI=1S/C26H24IN3O5/c1-14-3-7-18(8-4-14)29-21(31)13-35-24-19(27)9-15(10-20(24)34-2)12-28-30-25(32)22-16-5-6-17(11-16)23(22)26(30)33/h3-10,12,16-17,22-23H,11,13H2,1-2H3,(H,29,31)/t16-,17-,22-,23+/m0/s1. The Morgan fingerprint density at radius 1 is 1.14 bits per heavy atom. The smallest absolute Gasteiger partial charge is 0.262 e. The number of halogens is 1. The Bertz CT molecular complexity index is 1230. The summed E-state index contributed by atoms with van der Waals surface area (Å²) < 4.78 is 11.9. The van der Waals surface area contributed by atoms with Gasteiger partial charge in [0.1, 0.15) is 0 Å². The van der Waals surface area contributed by atoms with Gasteiger partial charge in [-0.15, -0.1) is 0 Å². The number of hydrazone groups is 1. The topological polar surface area (TPSA) is 97.3 Å². The van der Waals surface area contributed by atoms with Crippen LogP contribution in [-0.2, 0) is 14.4 Å². The number of fused-ring (bicyclic) bond motifs is 5. The summed E-state index contributed by atoms with van der Waals surface area (Å²) >= 11 is 2.09. The molecule has 1 aliphatic heterocycles. The lowest BCUT2D eigenvalue weighted by Crippen LogP contribution is -2.28. The summed E-state index contributed by atoms with van der Waals surface area (Å²) in [7, 11) is 1.50. The molecular weight excluding hydrogens is 561 g/mol. The maximum absolute atomic E-state index is 12.8. The summed E-state index contributed by atoms with van der Waals surface area (Å²) in [4.78, 5) is 38.0. The van der Waals surface area contributed by atoms with Gasteiger partial charge in [-0.2, -0.15) is 10.1 Å². The van der Waals surface area contributed by atoms with E-state index >= 15 is 0 Å². The molecule has 2 aliphatic carbocycles. The zero-order valence-electron chi connectivity index (χ0n) is 19.2. The van der Waals surface area contributed by atoms with Crippen molar-refractivity contribution in [3.63, 3.8) is 0 Å². The summed E-state index contributed by atoms with van der Waals surface area (Å²) in [5.41, 5.74) is 2.44. The van der Waals surface area contributed by atoms with Gasteiger partial charge >= 0.3 is 0 Å². The number of anilines is 1. The Kier molecular flexibility index (Phi) is 6.35. The third-order valence-corrected chi connectivity index (χ3v) is 7.51. The third-order valence-electron chi connectivity index (χ3n) is 6.70. The highest BCUT2D eigenvalue weighted by molar-refractivity contribution is 14.1. The van der Waals surface area contributed by atoms with E-state index < -0.39 is 0 Å². The first-order valence-electron chi connectivity index (χ1n) is 11.3. The summed E-state index contributed by atoms with van der Waals surface area (Å²) in [6, 6.07) is 11.0. The van der Waals surface area contributed by atoms with E-state index in [-0.39, 0.29) is 48.0 Å². The lowest BCUT2D eigenvalue weighted by molar-refractivity contribution is -0.140. The number of benzene rings is 2. The molecule has 0 spiro atoms. The predicted molar refractivity (Wildman–Crippen MR) is 138 cm³/mol. The van der Waals surface area contributed by atoms with Crippen LogP contribution < -0.4 is 14.8 Å². The molecule has 1 saturated carbocycles. The van der Waals surface area contributed by atoms with Gasteiger partial charge in [-0.25, -0.2) is 0 Å². The number of aryl methyl sites for hydroxylation is 1. The molecule has 3 aliphatic rings. The second-order valence-electron chi connectivity index (χ2n) is 8.97. The van der Waals surface area contributed by atoms with Crippen molar-refractivity contribution in [2.75, 3.05) is 19.0 Å². The Balaban J connectivity index is 1.26. The first kappa shape index (κ1) is 23.5. The summed E-state index contributed by atoms with van der Waals surface area (Å²) in [6.07, 6.45) is 6.46. The first-order chi connectivity index (χ1) is 16.9. The highest BCUT2D eigenvalue weighted by atomic mass is 127. The predicted octanol–water partition coefficient (Wildman–Crippen LogP) is 3.77. The van der Waals surface area contributed by atoms with E-state index in [0.29, 0.717) is 26.3 Å². The molecule has 0 aromatic heterocycles. The fourth-order valence-corrected chi connectivity index (χ4v) is 5.83. The monoisotopic (exact) mass is 585 g/mol. The van der Waals surface area contributed by atoms with E-state index in [4.69, 9.17) is 9.47 Å². The van der Waals surface area contributed by atoms with E-state index in [1.165, 1.54) is 13.3 Å². The minimum Gasteiger partial charge on any atom is -0.493 e. The molecular formula is C26H24IN3O5. The van der Waals surface area contributed by atoms with Crippen molar-refractivity contribution in [2.24, 2.45) is 28.8 Å². The molecule has 35 heavy (non-hydrogen) atoms. The van der Waals surface area contributed by atoms with Crippen LogP contribution in [0.15, 0.2) is 53.7 Å². The lowest BCUT2D eigenvalue weighted by atomic mass is 9.85. The van der Waals surface area contributed by atoms with Crippen molar-refractivity contribution in [2.45, 2.75) is 13.3 Å². The maximum Gasteiger partial charge on any atom is 0.262 e. The van der Waals surface area contributed by atoms with Gasteiger partial charge < -0.3 is 14.8 Å². The van der Waals surface area contributed by atoms with Crippen LogP contribution in [0.3, 0.4) is 0 Å². The Morgan fingerprint density at radius 3 is 2.43 bits per heavy atom. The molecule has 0 radical (unpaired) electrons. The third kappa shape index (κ3) is 4.44. The van der Waals surface area contributed by atoms with Gasteiger partial charge in [0.25, 0.3) is 17.7 Å². The number of rotatable bonds is 7. The SMILES string of the molecule is COc1cc(C=NN2C(=O)[C@@H]3[C@H](C2=O)[C@H]2C=C[C@H]3C2)cc(I)c1OCC(=O)Nc1ccc(C)cc1. The molecule has 2 bridgehead atoms. The zero-order chi connectivity index (χ0) is 24.7. The summed E-state index contributed by atoms with van der Waals surface area (Å²) in [5.74, 6) is -0.197. The molecule has 2 aromatic rings. The van der Waals surface area contributed by atoms with E-state index in [1.807, 2.05) is 31.2 Å². The number of methoxy groups -OCH3 is 1. The van der Waals surface area contributed by atoms with E-state index in [2.05, 4.69) is 45.2 Å². The fraction of sp³-hybridized carbons (Fsp3) is 0.308. The Morgan fingerprint density at radius 2 is 1.80 bits per heavy atom. The van der Waals surface area contributed by atoms with Crippen molar-refractivity contribution in [3.8, 4) is 11.5 Å². The Labute approximate surface area is 216 Å². The van der Waals surface area contributed by atoms with Crippen LogP contribution in [0.2, 0.25) is 0 Å². The molecule has 1 N–H and O–H groups in total. The van der Waals surface area contributed by atoms with Crippen LogP contribution in [0.25, 0.3) is 0 Å². The molecule has 9 heteroatoms. The lowest BCUT2D eigenvalue weighted by Gasteiger charge is -2.14. The fourth-order valence-electron chi connectivity index (χ4n) is 5.05. The quantitative estimate of drug-likeness (QED) is 0.231. The number of imide groups is 1. The largest absolute Gasteiger partial charge is 0.493 e. The molecule has 2 fully saturated rings. The summed E-state index contributed by atoms with van der Waals surface area (Å²) in [5, 5.41) is 8.03. The molecule has 5 rings (SSSR count). The van der Waals surface area contributed by atoms with Crippen LogP contribution in [0.1, 0.15) is 17.5 Å². The molecule has 1 saturated heterocycles. The molecule has 0 unspecified atom stereocenters. The van der Waals surface area contributed by atoms with Crippen LogP contribution in [0.4, 0.5) is 5.69 Å². The maximum atomic E-state index is 12.8. The number of carbonyl (C=O) groups is 3. The minimum absolute atomic E-state index is 0.141. The van der Waals surface area contributed by atoms with E-state index in [0.717, 1.165) is 17.0 Å². The number of ether oxygens (including phenoxy) is 2. The van der Waals surface area contributed by atoms with Crippen molar-refractivity contribution < 1.29 is 23.9 Å². The van der Waals surface area contributed by atoms with E-state index in [1.54, 1.807) is 12.1 Å². The van der Waals surface area contributed by atoms with Crippen molar-refractivity contribution in [3.05, 3.63) is 63.2 Å². The second-order valence-corrected chi connectivity index (χ2v) is 10.1. The highest BCUT2D eigenvalue weighted by Crippen LogP contribution is 2.52. The van der Waals surface area contributed by atoms with Gasteiger partial charge in [0, 0.05) is 5.69 Å². The molecule has 4 atom stereocenters. The van der Waals surface area contributed by atoms with Crippen LogP contribution in [-0.4, -0.2) is 42.7 Å². The molecule has 8 nitrogen and oxygen atoms in total. The van der Waals surface area contributed by atoms with Gasteiger partial charge in [0.05, 0.1) is 28.7 Å². The van der Waals surface area contributed by atoms with Crippen molar-refractivity contribution >= 4 is 52.2 Å². The minimum atomic E-state index is -0.294. The number of allylic oxidation sites excluding steroid dienone is 2. The second kappa shape index (κ2) is 9.44. The van der Waals surface area contributed by atoms with Gasteiger partial charge in [-0.05, 0) is 77.6 Å². The van der Waals surface area contributed by atoms with Crippen molar-refractivity contribution in [1.29, 1.82) is 0 Å². The number of nitrogens with zero attached hydrogens (tertiary/aromatic N) is 2. The van der Waals surface area contributed by atoms with Gasteiger partial charge in [0.15, 0.2) is 18.1 Å². The van der Waals surface area contributed by atoms with Gasteiger partial charge in [-0.1, -0.05) is 29.8 Å². The number of nitrogens with one attached hydrogen (secondary N) is 1. The van der Waals surface area contributed by atoms with Gasteiger partial charge in [-0.3, -0.25) is 14.4 Å². The zero-order valence-corrected chi connectivity index (χ0v) is 21.4. The number of hydrogen-bond acceptors (Lipinski definition) is 6. The first-order valence-corrected chi connectivity index (χ1v) is 12.4. The molecule has 2 aromatic carbocycles. The summed E-state index contributed by atoms with van der Waals surface area (Å²) in [6.45, 7) is 1.79. The molecule has 180 valence electrons. The number of carbonyl (C=O) groups excluding carboxylic acids is 3. The number of hydrogen-bond donors (Lipinski definition) is 1. The average Bonchev–Trinajstić information content (AvgIpc) is 3.52. The van der Waals surface area contributed by atoms with Crippen LogP contribution in [0, 0.1) is 34.2 Å². The van der Waals surface area contributed by atoms with E-state index in [9.17, 15) is 14.4 Å². The Hall–Kier alpha value is -3.21. The number of amides is 3. The molecule has 1 heterocycles. The van der Waals surface area contributed by atoms with Crippen LogP contribution in [0.5, 0.6) is 11.5 Å². The molecule has 3 amide bonds. The average molecular weight is 585 g/mol. The van der Waals surface area contributed by atoms with Gasteiger partial charge in [0.2, 0.25) is 0 Å². The highest BCUT2D eigenvalue weighted by Gasteiger charge is 2.59.